The molecule has 1 atom stereocenters. The molecule has 2 aliphatic carbocycles. The van der Waals surface area contributed by atoms with Crippen LogP contribution < -0.4 is 0 Å². The second-order valence-electron chi connectivity index (χ2n) is 11.7. The van der Waals surface area contributed by atoms with E-state index >= 15 is 4.39 Å². The van der Waals surface area contributed by atoms with Crippen molar-refractivity contribution < 1.29 is 13.2 Å². The van der Waals surface area contributed by atoms with E-state index in [1.54, 1.807) is 30.3 Å². The van der Waals surface area contributed by atoms with E-state index in [-0.39, 0.29) is 11.4 Å². The molecule has 5 rings (SSSR count). The summed E-state index contributed by atoms with van der Waals surface area (Å²) in [5, 5.41) is 0. The normalized spacial score (nSPS) is 21.5. The van der Waals surface area contributed by atoms with E-state index in [1.165, 1.54) is 25.7 Å². The minimum Gasteiger partial charge on any atom is -0.206 e. The Bertz CT molecular complexity index is 1360. The van der Waals surface area contributed by atoms with Crippen LogP contribution in [0.2, 0.25) is 0 Å². The van der Waals surface area contributed by atoms with E-state index in [4.69, 9.17) is 0 Å². The Morgan fingerprint density at radius 3 is 2.10 bits per heavy atom. The molecular weight excluding hydrogens is 501 g/mol. The number of halogens is 3. The fourth-order valence-corrected chi connectivity index (χ4v) is 6.78. The molecule has 0 saturated heterocycles. The van der Waals surface area contributed by atoms with E-state index in [1.807, 2.05) is 31.2 Å². The maximum Gasteiger partial charge on any atom is 0.166 e. The molecule has 3 heteroatoms. The van der Waals surface area contributed by atoms with Crippen LogP contribution in [0.15, 0.2) is 72.8 Å². The number of hydrogen-bond donors (Lipinski definition) is 0. The summed E-state index contributed by atoms with van der Waals surface area (Å²) in [6, 6.07) is 16.1. The highest BCUT2D eigenvalue weighted by molar-refractivity contribution is 5.74. The Hall–Kier alpha value is -3.07. The van der Waals surface area contributed by atoms with E-state index < -0.39 is 11.6 Å². The number of aryl methyl sites for hydroxylation is 1. The molecule has 210 valence electrons. The predicted molar refractivity (Wildman–Crippen MR) is 161 cm³/mol. The van der Waals surface area contributed by atoms with Gasteiger partial charge in [-0.25, -0.2) is 13.2 Å². The molecule has 0 radical (unpaired) electrons. The van der Waals surface area contributed by atoms with Crippen LogP contribution in [0.25, 0.3) is 27.8 Å². The van der Waals surface area contributed by atoms with E-state index in [0.29, 0.717) is 23.1 Å². The van der Waals surface area contributed by atoms with Gasteiger partial charge in [0.05, 0.1) is 0 Å². The standard InChI is InChI=1S/C37H41F3/c1-3-5-7-31-20-23-34(37(40)36(31)39)30-18-14-28(15-19-30)32-21-22-33(35(38)24-32)29-16-12-27(13-17-29)26-10-8-25(6-4-2)9-11-26/h4,6,14-16,18-27H,3,5,7-13,17H2,1-2H3/b6-4+. The quantitative estimate of drug-likeness (QED) is 0.248. The van der Waals surface area contributed by atoms with Crippen LogP contribution in [-0.4, -0.2) is 0 Å². The third kappa shape index (κ3) is 6.29. The van der Waals surface area contributed by atoms with Gasteiger partial charge in [-0.05, 0) is 116 Å². The summed E-state index contributed by atoms with van der Waals surface area (Å²) >= 11 is 0. The fourth-order valence-electron chi connectivity index (χ4n) is 6.78. The highest BCUT2D eigenvalue weighted by Crippen LogP contribution is 2.42. The molecule has 0 heterocycles. The molecule has 0 nitrogen and oxygen atoms in total. The first-order valence-electron chi connectivity index (χ1n) is 15.2. The second kappa shape index (κ2) is 13.1. The van der Waals surface area contributed by atoms with E-state index in [0.717, 1.165) is 66.6 Å². The number of hydrogen-bond acceptors (Lipinski definition) is 0. The first kappa shape index (κ1) is 28.5. The lowest BCUT2D eigenvalue weighted by molar-refractivity contribution is 0.212. The summed E-state index contributed by atoms with van der Waals surface area (Å²) in [4.78, 5) is 0. The lowest BCUT2D eigenvalue weighted by atomic mass is 9.71. The Morgan fingerprint density at radius 2 is 1.45 bits per heavy atom. The first-order valence-corrected chi connectivity index (χ1v) is 15.2. The molecule has 0 spiro atoms. The molecule has 2 aliphatic rings. The Balaban J connectivity index is 1.25. The zero-order valence-corrected chi connectivity index (χ0v) is 23.9. The number of rotatable bonds is 8. The molecule has 0 amide bonds. The van der Waals surface area contributed by atoms with Gasteiger partial charge in [0.1, 0.15) is 5.82 Å². The summed E-state index contributed by atoms with van der Waals surface area (Å²) in [5.41, 5.74) is 4.73. The first-order chi connectivity index (χ1) is 19.5. The zero-order chi connectivity index (χ0) is 28.1. The monoisotopic (exact) mass is 542 g/mol. The highest BCUT2D eigenvalue weighted by Gasteiger charge is 2.28. The van der Waals surface area contributed by atoms with Crippen LogP contribution >= 0.6 is 0 Å². The number of benzene rings is 3. The minimum absolute atomic E-state index is 0.200. The molecule has 1 saturated carbocycles. The second-order valence-corrected chi connectivity index (χ2v) is 11.7. The molecular formula is C37H41F3. The van der Waals surface area contributed by atoms with Crippen molar-refractivity contribution in [3.05, 3.63) is 101 Å². The van der Waals surface area contributed by atoms with Crippen LogP contribution in [0.5, 0.6) is 0 Å². The highest BCUT2D eigenvalue weighted by atomic mass is 19.2. The molecule has 3 aromatic carbocycles. The third-order valence-electron chi connectivity index (χ3n) is 9.21. The van der Waals surface area contributed by atoms with Crippen LogP contribution in [-0.2, 0) is 6.42 Å². The SMILES string of the molecule is C/C=C/C1CCC(C2CC=C(c3ccc(-c4ccc(-c5ccc(CCCC)c(F)c5F)cc4)cc3F)CC2)CC1. The predicted octanol–water partition coefficient (Wildman–Crippen LogP) is 11.3. The van der Waals surface area contributed by atoms with Crippen LogP contribution in [0.3, 0.4) is 0 Å². The Morgan fingerprint density at radius 1 is 0.750 bits per heavy atom. The van der Waals surface area contributed by atoms with Gasteiger partial charge in [-0.15, -0.1) is 0 Å². The smallest absolute Gasteiger partial charge is 0.166 e. The van der Waals surface area contributed by atoms with Crippen molar-refractivity contribution >= 4 is 5.57 Å². The molecule has 40 heavy (non-hydrogen) atoms. The van der Waals surface area contributed by atoms with Gasteiger partial charge < -0.3 is 0 Å². The fraction of sp³-hybridized carbons (Fsp3) is 0.405. The molecule has 0 aromatic heterocycles. The van der Waals surface area contributed by atoms with E-state index in [2.05, 4.69) is 25.2 Å². The van der Waals surface area contributed by atoms with Crippen LogP contribution in [0.4, 0.5) is 13.2 Å². The average molecular weight is 543 g/mol. The summed E-state index contributed by atoms with van der Waals surface area (Å²) in [5.74, 6) is 0.522. The van der Waals surface area contributed by atoms with E-state index in [9.17, 15) is 8.78 Å². The molecule has 1 fully saturated rings. The van der Waals surface area contributed by atoms with Crippen LogP contribution in [0, 0.1) is 35.2 Å². The molecule has 1 unspecified atom stereocenters. The van der Waals surface area contributed by atoms with Gasteiger partial charge in [-0.2, -0.15) is 0 Å². The van der Waals surface area contributed by atoms with Gasteiger partial charge in [0, 0.05) is 11.1 Å². The van der Waals surface area contributed by atoms with Crippen molar-refractivity contribution in [2.45, 2.75) is 78.1 Å². The van der Waals surface area contributed by atoms with Gasteiger partial charge in [0.15, 0.2) is 11.6 Å². The van der Waals surface area contributed by atoms with Gasteiger partial charge in [0.25, 0.3) is 0 Å². The Labute approximate surface area is 238 Å². The summed E-state index contributed by atoms with van der Waals surface area (Å²) < 4.78 is 44.7. The summed E-state index contributed by atoms with van der Waals surface area (Å²) in [6.45, 7) is 4.14. The van der Waals surface area contributed by atoms with Crippen molar-refractivity contribution in [2.75, 3.05) is 0 Å². The van der Waals surface area contributed by atoms with Gasteiger partial charge >= 0.3 is 0 Å². The Kier molecular flexibility index (Phi) is 9.29. The number of allylic oxidation sites excluding steroid dienone is 4. The molecule has 3 aromatic rings. The summed E-state index contributed by atoms with van der Waals surface area (Å²) in [7, 11) is 0. The molecule has 0 N–H and O–H groups in total. The van der Waals surface area contributed by atoms with Crippen molar-refractivity contribution in [3.63, 3.8) is 0 Å². The van der Waals surface area contributed by atoms with Crippen LogP contribution in [0.1, 0.15) is 82.8 Å². The van der Waals surface area contributed by atoms with Gasteiger partial charge in [-0.1, -0.05) is 80.1 Å². The maximum atomic E-state index is 15.3. The molecule has 0 aliphatic heterocycles. The lowest BCUT2D eigenvalue weighted by Crippen LogP contribution is -2.22. The molecule has 0 bridgehead atoms. The van der Waals surface area contributed by atoms with Crippen molar-refractivity contribution in [2.24, 2.45) is 17.8 Å². The lowest BCUT2D eigenvalue weighted by Gasteiger charge is -2.35. The largest absolute Gasteiger partial charge is 0.206 e. The third-order valence-corrected chi connectivity index (χ3v) is 9.21. The van der Waals surface area contributed by atoms with Gasteiger partial charge in [-0.3, -0.25) is 0 Å². The topological polar surface area (TPSA) is 0 Å². The number of unbranched alkanes of at least 4 members (excludes halogenated alkanes) is 1. The van der Waals surface area contributed by atoms with Crippen molar-refractivity contribution in [1.82, 2.24) is 0 Å². The average Bonchev–Trinajstić information content (AvgIpc) is 2.99. The minimum atomic E-state index is -0.805. The maximum absolute atomic E-state index is 15.3. The van der Waals surface area contributed by atoms with Crippen molar-refractivity contribution in [1.29, 1.82) is 0 Å². The summed E-state index contributed by atoms with van der Waals surface area (Å²) in [6.07, 6.45) is 17.5. The zero-order valence-electron chi connectivity index (χ0n) is 23.9. The van der Waals surface area contributed by atoms with Crippen molar-refractivity contribution in [3.8, 4) is 22.3 Å². The van der Waals surface area contributed by atoms with Gasteiger partial charge in [0.2, 0.25) is 0 Å².